The van der Waals surface area contributed by atoms with Crippen LogP contribution in [0.25, 0.3) is 0 Å². The van der Waals surface area contributed by atoms with Gasteiger partial charge in [0, 0.05) is 32.2 Å². The van der Waals surface area contributed by atoms with Gasteiger partial charge in [0.15, 0.2) is 0 Å². The summed E-state index contributed by atoms with van der Waals surface area (Å²) in [5.41, 5.74) is 4.35. The molecule has 0 bridgehead atoms. The van der Waals surface area contributed by atoms with E-state index in [0.29, 0.717) is 12.1 Å². The van der Waals surface area contributed by atoms with Crippen LogP contribution in [0.1, 0.15) is 55.0 Å². The standard InChI is InChI=1S/C26H35F2N3O2/c1-4-16-9-10-17-7-6-8-23(20(17)11-16)31-15-24(32)21(26(33)29-3)13-18-12-19(27)14-22(28)25(18)30-5-2/h9-12,14,21,23-24,30-32H,4-8,13,15H2,1-3H3,(H,29,33). The quantitative estimate of drug-likeness (QED) is 0.435. The molecule has 5 nitrogen and oxygen atoms in total. The third kappa shape index (κ3) is 6.09. The molecule has 2 aromatic carbocycles. The lowest BCUT2D eigenvalue weighted by Gasteiger charge is -2.30. The molecule has 33 heavy (non-hydrogen) atoms. The summed E-state index contributed by atoms with van der Waals surface area (Å²) in [5, 5.41) is 19.9. The number of aliphatic hydroxyl groups excluding tert-OH is 1. The molecule has 4 N–H and O–H groups in total. The van der Waals surface area contributed by atoms with Crippen molar-refractivity contribution < 1.29 is 18.7 Å². The molecule has 1 amide bonds. The number of amides is 1. The number of rotatable bonds is 10. The molecule has 1 aliphatic rings. The Bertz CT molecular complexity index is 967. The summed E-state index contributed by atoms with van der Waals surface area (Å²) in [7, 11) is 1.50. The summed E-state index contributed by atoms with van der Waals surface area (Å²) in [4.78, 5) is 12.6. The van der Waals surface area contributed by atoms with Gasteiger partial charge in [-0.2, -0.15) is 0 Å². The molecule has 0 aliphatic heterocycles. The highest BCUT2D eigenvalue weighted by atomic mass is 19.1. The predicted molar refractivity (Wildman–Crippen MR) is 127 cm³/mol. The van der Waals surface area contributed by atoms with Crippen molar-refractivity contribution in [1.29, 1.82) is 0 Å². The minimum atomic E-state index is -1.02. The molecular weight excluding hydrogens is 424 g/mol. The summed E-state index contributed by atoms with van der Waals surface area (Å²) < 4.78 is 28.3. The van der Waals surface area contributed by atoms with Crippen molar-refractivity contribution in [3.63, 3.8) is 0 Å². The highest BCUT2D eigenvalue weighted by Gasteiger charge is 2.29. The second kappa shape index (κ2) is 11.6. The molecule has 0 heterocycles. The highest BCUT2D eigenvalue weighted by molar-refractivity contribution is 5.79. The van der Waals surface area contributed by atoms with Gasteiger partial charge in [-0.25, -0.2) is 8.78 Å². The van der Waals surface area contributed by atoms with Crippen molar-refractivity contribution in [1.82, 2.24) is 10.6 Å². The third-order valence-electron chi connectivity index (χ3n) is 6.48. The number of anilines is 1. The zero-order chi connectivity index (χ0) is 24.0. The lowest BCUT2D eigenvalue weighted by Crippen LogP contribution is -2.43. The number of halogens is 2. The second-order valence-electron chi connectivity index (χ2n) is 8.68. The Hall–Kier alpha value is -2.51. The van der Waals surface area contributed by atoms with E-state index in [9.17, 15) is 18.7 Å². The van der Waals surface area contributed by atoms with Crippen molar-refractivity contribution in [3.05, 3.63) is 64.2 Å². The minimum Gasteiger partial charge on any atom is -0.391 e. The van der Waals surface area contributed by atoms with Crippen LogP contribution in [0.2, 0.25) is 0 Å². The highest BCUT2D eigenvalue weighted by Crippen LogP contribution is 2.31. The van der Waals surface area contributed by atoms with E-state index in [-0.39, 0.29) is 30.6 Å². The Balaban J connectivity index is 1.77. The van der Waals surface area contributed by atoms with E-state index in [1.165, 1.54) is 29.8 Å². The molecule has 3 rings (SSSR count). The largest absolute Gasteiger partial charge is 0.391 e. The lowest BCUT2D eigenvalue weighted by molar-refractivity contribution is -0.128. The summed E-state index contributed by atoms with van der Waals surface area (Å²) in [6.45, 7) is 4.59. The number of carbonyl (C=O) groups is 1. The second-order valence-corrected chi connectivity index (χ2v) is 8.68. The molecule has 7 heteroatoms. The first kappa shape index (κ1) is 25.1. The number of hydrogen-bond donors (Lipinski definition) is 4. The van der Waals surface area contributed by atoms with Gasteiger partial charge in [-0.1, -0.05) is 25.1 Å². The third-order valence-corrected chi connectivity index (χ3v) is 6.48. The summed E-state index contributed by atoms with van der Waals surface area (Å²) in [6, 6.07) is 8.72. The first-order valence-corrected chi connectivity index (χ1v) is 11.8. The molecule has 3 atom stereocenters. The van der Waals surface area contributed by atoms with Gasteiger partial charge >= 0.3 is 0 Å². The Morgan fingerprint density at radius 3 is 2.70 bits per heavy atom. The van der Waals surface area contributed by atoms with Crippen LogP contribution < -0.4 is 16.0 Å². The van der Waals surface area contributed by atoms with Crippen LogP contribution in [0.4, 0.5) is 14.5 Å². The molecule has 0 spiro atoms. The zero-order valence-electron chi connectivity index (χ0n) is 19.7. The topological polar surface area (TPSA) is 73.4 Å². The van der Waals surface area contributed by atoms with Crippen molar-refractivity contribution in [2.45, 2.75) is 58.1 Å². The molecule has 0 radical (unpaired) electrons. The fourth-order valence-electron chi connectivity index (χ4n) is 4.67. The Morgan fingerprint density at radius 2 is 2.00 bits per heavy atom. The van der Waals surface area contributed by atoms with E-state index in [2.05, 4.69) is 41.1 Å². The first-order valence-electron chi connectivity index (χ1n) is 11.8. The molecule has 0 fully saturated rings. The number of aryl methyl sites for hydroxylation is 2. The smallest absolute Gasteiger partial charge is 0.225 e. The summed E-state index contributed by atoms with van der Waals surface area (Å²) in [6.07, 6.45) is 3.00. The van der Waals surface area contributed by atoms with Gasteiger partial charge in [0.05, 0.1) is 17.7 Å². The number of benzene rings is 2. The van der Waals surface area contributed by atoms with Gasteiger partial charge in [0.1, 0.15) is 11.6 Å². The van der Waals surface area contributed by atoms with Gasteiger partial charge in [-0.05, 0) is 67.3 Å². The monoisotopic (exact) mass is 459 g/mol. The summed E-state index contributed by atoms with van der Waals surface area (Å²) in [5.74, 6) is -2.64. The van der Waals surface area contributed by atoms with Crippen LogP contribution >= 0.6 is 0 Å². The van der Waals surface area contributed by atoms with Crippen molar-refractivity contribution in [3.8, 4) is 0 Å². The van der Waals surface area contributed by atoms with E-state index in [1.807, 2.05) is 6.92 Å². The molecule has 0 saturated carbocycles. The van der Waals surface area contributed by atoms with E-state index in [0.717, 1.165) is 31.7 Å². The maximum absolute atomic E-state index is 14.3. The Morgan fingerprint density at radius 1 is 1.21 bits per heavy atom. The Kier molecular flexibility index (Phi) is 8.80. The van der Waals surface area contributed by atoms with Crippen molar-refractivity contribution >= 4 is 11.6 Å². The van der Waals surface area contributed by atoms with Crippen LogP contribution in [0.15, 0.2) is 30.3 Å². The van der Waals surface area contributed by atoms with Gasteiger partial charge in [-0.3, -0.25) is 4.79 Å². The SMILES string of the molecule is CCNc1c(F)cc(F)cc1CC(C(=O)NC)C(O)CNC1CCCc2ccc(CC)cc21. The number of fused-ring (bicyclic) bond motifs is 1. The minimum absolute atomic E-state index is 0.0147. The fraction of sp³-hybridized carbons (Fsp3) is 0.500. The maximum Gasteiger partial charge on any atom is 0.225 e. The molecule has 0 aromatic heterocycles. The van der Waals surface area contributed by atoms with E-state index < -0.39 is 23.7 Å². The molecule has 3 unspecified atom stereocenters. The van der Waals surface area contributed by atoms with E-state index in [1.54, 1.807) is 0 Å². The molecule has 1 aliphatic carbocycles. The van der Waals surface area contributed by atoms with Crippen molar-refractivity contribution in [2.24, 2.45) is 5.92 Å². The van der Waals surface area contributed by atoms with Crippen LogP contribution in [0.5, 0.6) is 0 Å². The molecular formula is C26H35F2N3O2. The number of aliphatic hydroxyl groups is 1. The van der Waals surface area contributed by atoms with E-state index in [4.69, 9.17) is 0 Å². The summed E-state index contributed by atoms with van der Waals surface area (Å²) >= 11 is 0. The van der Waals surface area contributed by atoms with E-state index >= 15 is 0 Å². The van der Waals surface area contributed by atoms with Crippen LogP contribution in [0, 0.1) is 17.6 Å². The number of hydrogen-bond acceptors (Lipinski definition) is 4. The molecule has 2 aromatic rings. The predicted octanol–water partition coefficient (Wildman–Crippen LogP) is 3.89. The maximum atomic E-state index is 14.3. The van der Waals surface area contributed by atoms with Crippen molar-refractivity contribution in [2.75, 3.05) is 25.5 Å². The average molecular weight is 460 g/mol. The van der Waals surface area contributed by atoms with Gasteiger partial charge < -0.3 is 21.1 Å². The average Bonchev–Trinajstić information content (AvgIpc) is 2.82. The fourth-order valence-corrected chi connectivity index (χ4v) is 4.67. The zero-order valence-corrected chi connectivity index (χ0v) is 19.7. The number of nitrogens with one attached hydrogen (secondary N) is 3. The van der Waals surface area contributed by atoms with Gasteiger partial charge in [-0.15, -0.1) is 0 Å². The molecule has 180 valence electrons. The lowest BCUT2D eigenvalue weighted by atomic mass is 9.85. The van der Waals surface area contributed by atoms with Crippen LogP contribution in [-0.2, 0) is 24.1 Å². The van der Waals surface area contributed by atoms with Crippen LogP contribution in [0.3, 0.4) is 0 Å². The number of carbonyl (C=O) groups excluding carboxylic acids is 1. The first-order chi connectivity index (χ1) is 15.9. The molecule has 0 saturated heterocycles. The Labute approximate surface area is 195 Å². The van der Waals surface area contributed by atoms with Crippen LogP contribution in [-0.4, -0.2) is 37.3 Å². The van der Waals surface area contributed by atoms with Gasteiger partial charge in [0.25, 0.3) is 0 Å². The normalized spacial score (nSPS) is 17.2. The van der Waals surface area contributed by atoms with Gasteiger partial charge in [0.2, 0.25) is 5.91 Å².